The Morgan fingerprint density at radius 3 is 2.26 bits per heavy atom. The van der Waals surface area contributed by atoms with Crippen LogP contribution < -0.4 is 10.1 Å². The maximum atomic E-state index is 13.1. The number of nitrogens with zero attached hydrogens (tertiary/aromatic N) is 2. The van der Waals surface area contributed by atoms with E-state index in [1.54, 1.807) is 37.5 Å². The van der Waals surface area contributed by atoms with Crippen LogP contribution >= 0.6 is 0 Å². The summed E-state index contributed by atoms with van der Waals surface area (Å²) < 4.78 is 35.3. The molecule has 8 heteroatoms. The summed E-state index contributed by atoms with van der Waals surface area (Å²) in [6, 6.07) is 6.95. The summed E-state index contributed by atoms with van der Waals surface area (Å²) in [7, 11) is -1.03. The summed E-state index contributed by atoms with van der Waals surface area (Å²) in [4.78, 5) is 13.1. The number of rotatable bonds is 5. The van der Waals surface area contributed by atoms with E-state index in [1.807, 2.05) is 0 Å². The molecule has 0 aromatic heterocycles. The quantitative estimate of drug-likeness (QED) is 0.758. The number of methoxy groups -OCH3 is 1. The lowest BCUT2D eigenvalue weighted by atomic mass is 9.49. The van der Waals surface area contributed by atoms with Gasteiger partial charge in [-0.2, -0.15) is 8.42 Å². The summed E-state index contributed by atoms with van der Waals surface area (Å²) in [5.41, 5.74) is 1.15. The number of likely N-dealkylation sites (N-methyl/N-ethyl adjacent to an activating group) is 1. The van der Waals surface area contributed by atoms with E-state index < -0.39 is 10.2 Å². The van der Waals surface area contributed by atoms with Crippen LogP contribution in [0.5, 0.6) is 5.75 Å². The van der Waals surface area contributed by atoms with Crippen molar-refractivity contribution in [2.45, 2.75) is 38.5 Å². The van der Waals surface area contributed by atoms with Crippen LogP contribution in [0.4, 0.5) is 0 Å². The molecule has 0 atom stereocenters. The lowest BCUT2D eigenvalue weighted by molar-refractivity contribution is -0.120. The van der Waals surface area contributed by atoms with Crippen LogP contribution in [0, 0.1) is 23.2 Å². The van der Waals surface area contributed by atoms with Crippen LogP contribution in [0.1, 0.15) is 44.1 Å². The Labute approximate surface area is 183 Å². The minimum Gasteiger partial charge on any atom is -0.497 e. The first-order valence-electron chi connectivity index (χ1n) is 11.0. The van der Waals surface area contributed by atoms with Crippen molar-refractivity contribution < 1.29 is 17.9 Å². The van der Waals surface area contributed by atoms with Gasteiger partial charge in [-0.1, -0.05) is 0 Å². The molecule has 0 radical (unpaired) electrons. The van der Waals surface area contributed by atoms with E-state index in [4.69, 9.17) is 4.74 Å². The number of ether oxygens (including phenoxy) is 1. The molecule has 0 saturated heterocycles. The molecule has 0 spiro atoms. The van der Waals surface area contributed by atoms with Gasteiger partial charge in [0.05, 0.1) is 12.8 Å². The second-order valence-corrected chi connectivity index (χ2v) is 11.4. The van der Waals surface area contributed by atoms with E-state index in [9.17, 15) is 13.2 Å². The minimum atomic E-state index is -3.97. The lowest BCUT2D eigenvalue weighted by Gasteiger charge is -2.56. The molecule has 6 rings (SSSR count). The zero-order valence-corrected chi connectivity index (χ0v) is 18.8. The molecule has 4 fully saturated rings. The van der Waals surface area contributed by atoms with Gasteiger partial charge in [0, 0.05) is 19.2 Å². The largest absolute Gasteiger partial charge is 0.497 e. The second kappa shape index (κ2) is 7.36. The molecule has 1 aliphatic heterocycles. The molecule has 1 heterocycles. The van der Waals surface area contributed by atoms with Crippen molar-refractivity contribution in [2.24, 2.45) is 27.6 Å². The van der Waals surface area contributed by atoms with Crippen molar-refractivity contribution in [1.82, 2.24) is 9.62 Å². The van der Waals surface area contributed by atoms with Crippen LogP contribution in [0.3, 0.4) is 0 Å². The number of carbonyl (C=O) groups excluding carboxylic acids is 1. The minimum absolute atomic E-state index is 0.102. The van der Waals surface area contributed by atoms with Crippen LogP contribution in [0.2, 0.25) is 0 Å². The van der Waals surface area contributed by atoms with E-state index in [0.29, 0.717) is 17.9 Å². The standard InChI is InChI=1S/C23H29N3O4S/c1-26-21(10-20(25-31(26,28)29)18-3-5-19(30-2)6-4-18)22(27)24-14-23-11-15-7-16(12-23)9-17(8-15)13-23/h3-6,10,15-17H,7-9,11-14H2,1-2H3,(H,24,27). The van der Waals surface area contributed by atoms with Crippen molar-refractivity contribution >= 4 is 21.8 Å². The Kier molecular flexibility index (Phi) is 4.88. The fraction of sp³-hybridized carbons (Fsp3) is 0.565. The molecular formula is C23H29N3O4S. The molecule has 1 N–H and O–H groups in total. The predicted octanol–water partition coefficient (Wildman–Crippen LogP) is 2.89. The van der Waals surface area contributed by atoms with E-state index in [-0.39, 0.29) is 22.7 Å². The highest BCUT2D eigenvalue weighted by atomic mass is 32.2. The Morgan fingerprint density at radius 2 is 1.71 bits per heavy atom. The Bertz CT molecular complexity index is 1020. The first-order chi connectivity index (χ1) is 14.8. The molecular weight excluding hydrogens is 414 g/mol. The van der Waals surface area contributed by atoms with Gasteiger partial charge in [-0.05, 0) is 92.0 Å². The van der Waals surface area contributed by atoms with Gasteiger partial charge in [0.25, 0.3) is 5.91 Å². The zero-order valence-electron chi connectivity index (χ0n) is 18.0. The number of benzene rings is 1. The Balaban J connectivity index is 1.35. The van der Waals surface area contributed by atoms with E-state index in [0.717, 1.165) is 22.1 Å². The van der Waals surface area contributed by atoms with Crippen molar-refractivity contribution in [2.75, 3.05) is 20.7 Å². The fourth-order valence-electron chi connectivity index (χ4n) is 6.53. The van der Waals surface area contributed by atoms with Crippen LogP contribution in [-0.2, 0) is 15.0 Å². The fourth-order valence-corrected chi connectivity index (χ4v) is 7.44. The van der Waals surface area contributed by atoms with Gasteiger partial charge in [-0.15, -0.1) is 4.40 Å². The summed E-state index contributed by atoms with van der Waals surface area (Å²) in [6.45, 7) is 0.621. The number of carbonyl (C=O) groups is 1. The predicted molar refractivity (Wildman–Crippen MR) is 118 cm³/mol. The average Bonchev–Trinajstić information content (AvgIpc) is 2.73. The molecule has 1 aromatic rings. The number of allylic oxidation sites excluding steroid dienone is 1. The molecule has 0 unspecified atom stereocenters. The number of hydrogen-bond donors (Lipinski definition) is 1. The van der Waals surface area contributed by atoms with Crippen molar-refractivity contribution in [3.63, 3.8) is 0 Å². The van der Waals surface area contributed by atoms with Gasteiger partial charge in [0.1, 0.15) is 11.4 Å². The van der Waals surface area contributed by atoms with Gasteiger partial charge in [0.15, 0.2) is 0 Å². The lowest BCUT2D eigenvalue weighted by Crippen LogP contribution is -2.52. The van der Waals surface area contributed by atoms with Crippen LogP contribution in [0.25, 0.3) is 0 Å². The highest BCUT2D eigenvalue weighted by molar-refractivity contribution is 7.88. The van der Waals surface area contributed by atoms with Crippen LogP contribution in [-0.4, -0.2) is 45.0 Å². The Hall–Kier alpha value is -2.35. The highest BCUT2D eigenvalue weighted by Crippen LogP contribution is 2.59. The molecule has 31 heavy (non-hydrogen) atoms. The number of nitrogens with one attached hydrogen (secondary N) is 1. The maximum Gasteiger partial charge on any atom is 0.345 e. The molecule has 7 nitrogen and oxygen atoms in total. The van der Waals surface area contributed by atoms with E-state index >= 15 is 0 Å². The van der Waals surface area contributed by atoms with E-state index in [1.165, 1.54) is 45.6 Å². The molecule has 1 aromatic carbocycles. The monoisotopic (exact) mass is 443 g/mol. The SMILES string of the molecule is COc1ccc(C2=NS(=O)(=O)N(C)C(C(=O)NCC34CC5CC(CC(C5)C3)C4)=C2)cc1. The smallest absolute Gasteiger partial charge is 0.345 e. The van der Waals surface area contributed by atoms with Crippen LogP contribution in [0.15, 0.2) is 40.4 Å². The first-order valence-corrected chi connectivity index (χ1v) is 12.4. The Morgan fingerprint density at radius 1 is 1.13 bits per heavy atom. The number of hydrogen-bond acceptors (Lipinski definition) is 4. The summed E-state index contributed by atoms with van der Waals surface area (Å²) in [6.07, 6.45) is 9.15. The molecule has 4 saturated carbocycles. The van der Waals surface area contributed by atoms with Gasteiger partial charge in [-0.3, -0.25) is 4.79 Å². The number of amides is 1. The summed E-state index contributed by atoms with van der Waals surface area (Å²) >= 11 is 0. The van der Waals surface area contributed by atoms with E-state index in [2.05, 4.69) is 9.71 Å². The third kappa shape index (κ3) is 3.75. The highest BCUT2D eigenvalue weighted by Gasteiger charge is 2.50. The van der Waals surface area contributed by atoms with Gasteiger partial charge in [0.2, 0.25) is 0 Å². The molecule has 166 valence electrons. The first kappa shape index (κ1) is 20.5. The maximum absolute atomic E-state index is 13.1. The summed E-state index contributed by atoms with van der Waals surface area (Å²) in [5.74, 6) is 2.71. The molecule has 5 aliphatic rings. The topological polar surface area (TPSA) is 88.1 Å². The van der Waals surface area contributed by atoms with Crippen molar-refractivity contribution in [3.8, 4) is 5.75 Å². The van der Waals surface area contributed by atoms with Gasteiger partial charge in [-0.25, -0.2) is 4.31 Å². The normalized spacial score (nSPS) is 33.0. The third-order valence-corrected chi connectivity index (χ3v) is 8.90. The van der Waals surface area contributed by atoms with Crippen molar-refractivity contribution in [3.05, 3.63) is 41.6 Å². The van der Waals surface area contributed by atoms with Gasteiger partial charge < -0.3 is 10.1 Å². The summed E-state index contributed by atoms with van der Waals surface area (Å²) in [5, 5.41) is 3.08. The third-order valence-electron chi connectivity index (χ3n) is 7.58. The zero-order chi connectivity index (χ0) is 21.8. The van der Waals surface area contributed by atoms with Crippen molar-refractivity contribution in [1.29, 1.82) is 0 Å². The molecule has 1 amide bonds. The molecule has 4 aliphatic carbocycles. The second-order valence-electron chi connectivity index (χ2n) is 9.78. The van der Waals surface area contributed by atoms with Gasteiger partial charge >= 0.3 is 10.2 Å². The molecule has 4 bridgehead atoms. The average molecular weight is 444 g/mol.